The lowest BCUT2D eigenvalue weighted by Gasteiger charge is -2.14. The normalized spacial score (nSPS) is 27.6. The molecular formula is C7H9BrN4. The smallest absolute Gasteiger partial charge is 0.201 e. The summed E-state index contributed by atoms with van der Waals surface area (Å²) in [5, 5.41) is 8.10. The number of rotatable bonds is 0. The molecule has 0 amide bonds. The van der Waals surface area contributed by atoms with Crippen LogP contribution in [0.25, 0.3) is 0 Å². The van der Waals surface area contributed by atoms with Crippen LogP contribution >= 0.6 is 15.9 Å². The molecule has 0 radical (unpaired) electrons. The quantitative estimate of drug-likeness (QED) is 0.669. The van der Waals surface area contributed by atoms with E-state index < -0.39 is 0 Å². The van der Waals surface area contributed by atoms with Crippen LogP contribution in [0.5, 0.6) is 0 Å². The van der Waals surface area contributed by atoms with Gasteiger partial charge in [-0.25, -0.2) is 0 Å². The molecule has 1 unspecified atom stereocenters. The molecule has 3 rings (SSSR count). The van der Waals surface area contributed by atoms with E-state index in [9.17, 15) is 0 Å². The molecule has 1 aromatic heterocycles. The molecule has 0 bridgehead atoms. The summed E-state index contributed by atoms with van der Waals surface area (Å²) in [4.78, 5) is 2.45. The summed E-state index contributed by atoms with van der Waals surface area (Å²) in [7, 11) is 0. The molecule has 0 spiro atoms. The van der Waals surface area contributed by atoms with E-state index in [2.05, 4.69) is 35.6 Å². The molecule has 1 atom stereocenters. The lowest BCUT2D eigenvalue weighted by molar-refractivity contribution is 0.233. The Kier molecular flexibility index (Phi) is 1.34. The second-order valence-corrected chi connectivity index (χ2v) is 4.06. The predicted molar refractivity (Wildman–Crippen MR) is 46.4 cm³/mol. The van der Waals surface area contributed by atoms with Gasteiger partial charge in [0.15, 0.2) is 0 Å². The highest BCUT2D eigenvalue weighted by atomic mass is 79.9. The summed E-state index contributed by atoms with van der Waals surface area (Å²) < 4.78 is 3.08. The zero-order chi connectivity index (χ0) is 8.13. The van der Waals surface area contributed by atoms with Crippen molar-refractivity contribution in [2.45, 2.75) is 25.6 Å². The monoisotopic (exact) mass is 228 g/mol. The summed E-state index contributed by atoms with van der Waals surface area (Å²) in [5.41, 5.74) is 0. The molecule has 1 saturated heterocycles. The highest BCUT2D eigenvalue weighted by molar-refractivity contribution is 9.10. The molecule has 3 heterocycles. The molecule has 5 heteroatoms. The van der Waals surface area contributed by atoms with Gasteiger partial charge in [0.05, 0.1) is 12.7 Å². The summed E-state index contributed by atoms with van der Waals surface area (Å²) in [5.74, 6) is 1.10. The molecule has 1 fully saturated rings. The van der Waals surface area contributed by atoms with E-state index in [1.807, 2.05) is 0 Å². The summed E-state index contributed by atoms with van der Waals surface area (Å²) in [6, 6.07) is 0. The van der Waals surface area contributed by atoms with Crippen LogP contribution in [-0.4, -0.2) is 26.2 Å². The average molecular weight is 229 g/mol. The van der Waals surface area contributed by atoms with Gasteiger partial charge in [-0.2, -0.15) is 0 Å². The Morgan fingerprint density at radius 1 is 1.42 bits per heavy atom. The first-order valence-corrected chi connectivity index (χ1v) is 4.99. The molecule has 12 heavy (non-hydrogen) atoms. The maximum atomic E-state index is 4.10. The second-order valence-electron chi connectivity index (χ2n) is 3.35. The van der Waals surface area contributed by atoms with Crippen LogP contribution in [0.3, 0.4) is 0 Å². The largest absolute Gasteiger partial charge is 0.288 e. The van der Waals surface area contributed by atoms with Gasteiger partial charge in [0.25, 0.3) is 0 Å². The van der Waals surface area contributed by atoms with Gasteiger partial charge in [-0.3, -0.25) is 9.47 Å². The van der Waals surface area contributed by atoms with Gasteiger partial charge in [0.1, 0.15) is 5.82 Å². The Bertz CT molecular complexity index is 321. The Labute approximate surface area is 78.7 Å². The van der Waals surface area contributed by atoms with Crippen molar-refractivity contribution in [3.8, 4) is 0 Å². The van der Waals surface area contributed by atoms with Crippen molar-refractivity contribution >= 4 is 15.9 Å². The zero-order valence-electron chi connectivity index (χ0n) is 6.57. The molecule has 0 N–H and O–H groups in total. The fraction of sp³-hybridized carbons (Fsp3) is 0.714. The summed E-state index contributed by atoms with van der Waals surface area (Å²) >= 11 is 3.42. The number of nitrogens with zero attached hydrogens (tertiary/aromatic N) is 4. The standard InChI is InChI=1S/C7H9BrN4/c8-7-10-9-5-4-11-3-1-2-6(11)12(5)7/h6H,1-4H2. The van der Waals surface area contributed by atoms with E-state index in [1.54, 1.807) is 0 Å². The molecule has 1 aromatic rings. The third-order valence-corrected chi connectivity index (χ3v) is 3.24. The van der Waals surface area contributed by atoms with Gasteiger partial charge in [0, 0.05) is 6.54 Å². The van der Waals surface area contributed by atoms with E-state index in [-0.39, 0.29) is 0 Å². The van der Waals surface area contributed by atoms with Gasteiger partial charge in [0.2, 0.25) is 4.73 Å². The molecule has 2 aliphatic heterocycles. The van der Waals surface area contributed by atoms with Gasteiger partial charge < -0.3 is 0 Å². The van der Waals surface area contributed by atoms with Crippen LogP contribution in [0.15, 0.2) is 4.73 Å². The van der Waals surface area contributed by atoms with Crippen molar-refractivity contribution in [1.29, 1.82) is 0 Å². The van der Waals surface area contributed by atoms with Crippen LogP contribution in [0, 0.1) is 0 Å². The summed E-state index contributed by atoms with van der Waals surface area (Å²) in [6.07, 6.45) is 3.07. The maximum absolute atomic E-state index is 4.10. The number of halogens is 1. The first-order valence-electron chi connectivity index (χ1n) is 4.19. The molecule has 64 valence electrons. The minimum Gasteiger partial charge on any atom is -0.288 e. The number of fused-ring (bicyclic) bond motifs is 3. The van der Waals surface area contributed by atoms with Gasteiger partial charge in [-0.15, -0.1) is 10.2 Å². The number of aromatic nitrogens is 3. The first-order chi connectivity index (χ1) is 5.86. The van der Waals surface area contributed by atoms with Crippen molar-refractivity contribution < 1.29 is 0 Å². The Morgan fingerprint density at radius 2 is 2.33 bits per heavy atom. The lowest BCUT2D eigenvalue weighted by Crippen LogP contribution is -2.17. The van der Waals surface area contributed by atoms with E-state index in [4.69, 9.17) is 0 Å². The first kappa shape index (κ1) is 7.03. The minimum atomic E-state index is 0.532. The molecular weight excluding hydrogens is 220 g/mol. The van der Waals surface area contributed by atoms with Crippen LogP contribution in [-0.2, 0) is 6.54 Å². The molecule has 0 aromatic carbocycles. The SMILES string of the molecule is Brc1nnc2n1C1CCCN1C2. The van der Waals surface area contributed by atoms with Gasteiger partial charge >= 0.3 is 0 Å². The number of hydrogen-bond acceptors (Lipinski definition) is 3. The van der Waals surface area contributed by atoms with E-state index in [0.29, 0.717) is 6.17 Å². The topological polar surface area (TPSA) is 34.0 Å². The van der Waals surface area contributed by atoms with Crippen molar-refractivity contribution in [2.75, 3.05) is 6.54 Å². The Morgan fingerprint density at radius 3 is 3.25 bits per heavy atom. The molecule has 0 saturated carbocycles. The van der Waals surface area contributed by atoms with Crippen LogP contribution in [0.2, 0.25) is 0 Å². The fourth-order valence-corrected chi connectivity index (χ4v) is 2.69. The Balaban J connectivity index is 2.11. The van der Waals surface area contributed by atoms with E-state index in [1.165, 1.54) is 19.4 Å². The third-order valence-electron chi connectivity index (χ3n) is 2.70. The average Bonchev–Trinajstić information content (AvgIpc) is 2.61. The van der Waals surface area contributed by atoms with E-state index >= 15 is 0 Å². The zero-order valence-corrected chi connectivity index (χ0v) is 8.16. The van der Waals surface area contributed by atoms with Crippen molar-refractivity contribution in [3.05, 3.63) is 10.6 Å². The third kappa shape index (κ3) is 0.754. The van der Waals surface area contributed by atoms with Crippen LogP contribution in [0.4, 0.5) is 0 Å². The molecule has 2 aliphatic rings. The highest BCUT2D eigenvalue weighted by Gasteiger charge is 2.36. The fourth-order valence-electron chi connectivity index (χ4n) is 2.17. The highest BCUT2D eigenvalue weighted by Crippen LogP contribution is 2.36. The van der Waals surface area contributed by atoms with Crippen molar-refractivity contribution in [1.82, 2.24) is 19.7 Å². The summed E-state index contributed by atoms with van der Waals surface area (Å²) in [6.45, 7) is 2.18. The van der Waals surface area contributed by atoms with Gasteiger partial charge in [-0.05, 0) is 28.8 Å². The van der Waals surface area contributed by atoms with Crippen molar-refractivity contribution in [3.63, 3.8) is 0 Å². The second kappa shape index (κ2) is 2.29. The van der Waals surface area contributed by atoms with Crippen LogP contribution in [0.1, 0.15) is 24.8 Å². The van der Waals surface area contributed by atoms with Crippen molar-refractivity contribution in [2.24, 2.45) is 0 Å². The number of hydrogen-bond donors (Lipinski definition) is 0. The van der Waals surface area contributed by atoms with E-state index in [0.717, 1.165) is 17.1 Å². The van der Waals surface area contributed by atoms with Gasteiger partial charge in [-0.1, -0.05) is 0 Å². The Hall–Kier alpha value is -0.420. The molecule has 4 nitrogen and oxygen atoms in total. The van der Waals surface area contributed by atoms with Crippen LogP contribution < -0.4 is 0 Å². The minimum absolute atomic E-state index is 0.532. The molecule has 0 aliphatic carbocycles. The lowest BCUT2D eigenvalue weighted by atomic mass is 10.3. The predicted octanol–water partition coefficient (Wildman–Crippen LogP) is 1.15. The maximum Gasteiger partial charge on any atom is 0.201 e.